The molecule has 1 atom stereocenters. The number of hydrogen-bond donors (Lipinski definition) is 4. The van der Waals surface area contributed by atoms with Gasteiger partial charge in [-0.15, -0.1) is 0 Å². The van der Waals surface area contributed by atoms with E-state index in [1.807, 2.05) is 25.4 Å². The summed E-state index contributed by atoms with van der Waals surface area (Å²) >= 11 is 0. The highest BCUT2D eigenvalue weighted by Crippen LogP contribution is 2.26. The third-order valence-corrected chi connectivity index (χ3v) is 5.63. The van der Waals surface area contributed by atoms with E-state index in [-0.39, 0.29) is 5.82 Å². The zero-order valence-corrected chi connectivity index (χ0v) is 18.4. The fourth-order valence-electron chi connectivity index (χ4n) is 3.64. The van der Waals surface area contributed by atoms with Crippen LogP contribution in [0.15, 0.2) is 67.6 Å². The standard InChI is InChI=1S/C23H23FN10/c1-23(25,17-2-4-19(24)5-3-17)18-11-28-22(29-12-18)27-7-6-26-21-20-8-15(16-9-31-32-10-16)13-34(20)33-14-30-21/h2-5,8-14H,6-7,25H2,1H3,(H,31,32)(H,26,30,33)(H,27,28,29). The van der Waals surface area contributed by atoms with Crippen LogP contribution in [-0.2, 0) is 5.54 Å². The minimum atomic E-state index is -0.835. The fraction of sp³-hybridized carbons (Fsp3) is 0.174. The van der Waals surface area contributed by atoms with Crippen molar-refractivity contribution < 1.29 is 4.39 Å². The minimum Gasteiger partial charge on any atom is -0.366 e. The van der Waals surface area contributed by atoms with Gasteiger partial charge in [0.25, 0.3) is 0 Å². The van der Waals surface area contributed by atoms with Crippen LogP contribution in [0.3, 0.4) is 0 Å². The molecule has 0 saturated carbocycles. The van der Waals surface area contributed by atoms with Gasteiger partial charge in [0.1, 0.15) is 17.7 Å². The Kier molecular flexibility index (Phi) is 5.60. The molecular weight excluding hydrogens is 435 g/mol. The maximum atomic E-state index is 13.2. The number of H-pyrrole nitrogens is 1. The lowest BCUT2D eigenvalue weighted by Crippen LogP contribution is -2.34. The first-order chi connectivity index (χ1) is 16.5. The van der Waals surface area contributed by atoms with Gasteiger partial charge in [-0.1, -0.05) is 12.1 Å². The van der Waals surface area contributed by atoms with Crippen molar-refractivity contribution in [1.29, 1.82) is 0 Å². The largest absolute Gasteiger partial charge is 0.366 e. The average molecular weight is 459 g/mol. The summed E-state index contributed by atoms with van der Waals surface area (Å²) in [7, 11) is 0. The molecule has 0 bridgehead atoms. The lowest BCUT2D eigenvalue weighted by atomic mass is 9.87. The Morgan fingerprint density at radius 1 is 1.00 bits per heavy atom. The van der Waals surface area contributed by atoms with E-state index in [4.69, 9.17) is 5.73 Å². The summed E-state index contributed by atoms with van der Waals surface area (Å²) in [6, 6.07) is 8.12. The molecule has 5 rings (SSSR count). The van der Waals surface area contributed by atoms with Crippen molar-refractivity contribution in [3.05, 3.63) is 84.6 Å². The minimum absolute atomic E-state index is 0.304. The molecule has 0 spiro atoms. The number of benzene rings is 1. The van der Waals surface area contributed by atoms with E-state index in [0.717, 1.165) is 33.6 Å². The number of nitrogens with one attached hydrogen (secondary N) is 3. The number of anilines is 2. The average Bonchev–Trinajstić information content (AvgIpc) is 3.53. The molecule has 0 radical (unpaired) electrons. The molecule has 172 valence electrons. The van der Waals surface area contributed by atoms with Gasteiger partial charge in [-0.2, -0.15) is 10.2 Å². The molecule has 0 saturated heterocycles. The van der Waals surface area contributed by atoms with Crippen molar-refractivity contribution in [2.24, 2.45) is 5.73 Å². The Balaban J connectivity index is 1.20. The van der Waals surface area contributed by atoms with Crippen LogP contribution in [-0.4, -0.2) is 47.9 Å². The van der Waals surface area contributed by atoms with Crippen LogP contribution in [0.25, 0.3) is 16.6 Å². The van der Waals surface area contributed by atoms with E-state index < -0.39 is 5.54 Å². The number of nitrogens with zero attached hydrogens (tertiary/aromatic N) is 6. The normalized spacial score (nSPS) is 13.0. The van der Waals surface area contributed by atoms with Gasteiger partial charge in [-0.25, -0.2) is 23.9 Å². The maximum absolute atomic E-state index is 13.2. The number of halogens is 1. The van der Waals surface area contributed by atoms with E-state index in [9.17, 15) is 4.39 Å². The number of hydrogen-bond acceptors (Lipinski definition) is 8. The first-order valence-electron chi connectivity index (χ1n) is 10.7. The number of nitrogens with two attached hydrogens (primary N) is 1. The van der Waals surface area contributed by atoms with Gasteiger partial charge in [0.15, 0.2) is 5.82 Å². The lowest BCUT2D eigenvalue weighted by Gasteiger charge is -2.25. The van der Waals surface area contributed by atoms with Gasteiger partial charge in [-0.05, 0) is 30.7 Å². The molecule has 11 heteroatoms. The Bertz CT molecular complexity index is 1380. The molecule has 34 heavy (non-hydrogen) atoms. The molecule has 4 aromatic heterocycles. The second-order valence-corrected chi connectivity index (χ2v) is 8.01. The van der Waals surface area contributed by atoms with Gasteiger partial charge in [0, 0.05) is 54.6 Å². The highest BCUT2D eigenvalue weighted by molar-refractivity contribution is 5.76. The van der Waals surface area contributed by atoms with Gasteiger partial charge >= 0.3 is 0 Å². The first kappa shape index (κ1) is 21.5. The summed E-state index contributed by atoms with van der Waals surface area (Å²) in [6.07, 6.45) is 10.4. The second-order valence-electron chi connectivity index (χ2n) is 8.01. The second kappa shape index (κ2) is 8.87. The zero-order valence-electron chi connectivity index (χ0n) is 18.4. The fourth-order valence-corrected chi connectivity index (χ4v) is 3.64. The van der Waals surface area contributed by atoms with Gasteiger partial charge < -0.3 is 16.4 Å². The maximum Gasteiger partial charge on any atom is 0.222 e. The van der Waals surface area contributed by atoms with E-state index in [1.54, 1.807) is 35.2 Å². The van der Waals surface area contributed by atoms with Gasteiger partial charge in [0.05, 0.1) is 11.7 Å². The summed E-state index contributed by atoms with van der Waals surface area (Å²) in [5.74, 6) is 0.904. The predicted octanol–water partition coefficient (Wildman–Crippen LogP) is 2.79. The molecular formula is C23H23FN10. The smallest absolute Gasteiger partial charge is 0.222 e. The molecule has 0 amide bonds. The molecule has 5 aromatic rings. The van der Waals surface area contributed by atoms with Crippen LogP contribution in [0.2, 0.25) is 0 Å². The predicted molar refractivity (Wildman–Crippen MR) is 127 cm³/mol. The summed E-state index contributed by atoms with van der Waals surface area (Å²) in [4.78, 5) is 13.1. The van der Waals surface area contributed by atoms with E-state index in [1.165, 1.54) is 18.5 Å². The zero-order chi connectivity index (χ0) is 23.5. The third kappa shape index (κ3) is 4.28. The summed E-state index contributed by atoms with van der Waals surface area (Å²) in [5, 5.41) is 17.6. The Morgan fingerprint density at radius 3 is 2.50 bits per heavy atom. The molecule has 10 nitrogen and oxygen atoms in total. The van der Waals surface area contributed by atoms with E-state index in [0.29, 0.717) is 19.0 Å². The van der Waals surface area contributed by atoms with Crippen LogP contribution in [0.4, 0.5) is 16.2 Å². The lowest BCUT2D eigenvalue weighted by molar-refractivity contribution is 0.588. The van der Waals surface area contributed by atoms with Crippen LogP contribution in [0.1, 0.15) is 18.1 Å². The highest BCUT2D eigenvalue weighted by atomic mass is 19.1. The molecule has 4 heterocycles. The van der Waals surface area contributed by atoms with E-state index in [2.05, 4.69) is 40.9 Å². The SMILES string of the molecule is CC(N)(c1ccc(F)cc1)c1cnc(NCCNc2ncnn3cc(-c4cn[nH]c4)cc23)nc1. The Labute approximate surface area is 194 Å². The van der Waals surface area contributed by atoms with Crippen LogP contribution in [0, 0.1) is 5.82 Å². The quantitative estimate of drug-likeness (QED) is 0.261. The van der Waals surface area contributed by atoms with Crippen molar-refractivity contribution in [3.8, 4) is 11.1 Å². The molecule has 0 aliphatic carbocycles. The monoisotopic (exact) mass is 458 g/mol. The van der Waals surface area contributed by atoms with E-state index >= 15 is 0 Å². The van der Waals surface area contributed by atoms with Crippen molar-refractivity contribution in [3.63, 3.8) is 0 Å². The highest BCUT2D eigenvalue weighted by Gasteiger charge is 2.24. The first-order valence-corrected chi connectivity index (χ1v) is 10.7. The number of rotatable bonds is 8. The summed E-state index contributed by atoms with van der Waals surface area (Å²) in [5.41, 5.74) is 9.98. The summed E-state index contributed by atoms with van der Waals surface area (Å²) < 4.78 is 15.0. The summed E-state index contributed by atoms with van der Waals surface area (Å²) in [6.45, 7) is 3.01. The number of fused-ring (bicyclic) bond motifs is 1. The third-order valence-electron chi connectivity index (χ3n) is 5.63. The topological polar surface area (TPSA) is 135 Å². The molecule has 1 unspecified atom stereocenters. The van der Waals surface area contributed by atoms with Gasteiger partial charge in [-0.3, -0.25) is 5.10 Å². The Morgan fingerprint density at radius 2 is 1.76 bits per heavy atom. The molecule has 0 aliphatic rings. The van der Waals surface area contributed by atoms with Crippen LogP contribution in [0.5, 0.6) is 0 Å². The number of aromatic nitrogens is 7. The van der Waals surface area contributed by atoms with Crippen LogP contribution < -0.4 is 16.4 Å². The van der Waals surface area contributed by atoms with Gasteiger partial charge in [0.2, 0.25) is 5.95 Å². The molecule has 1 aromatic carbocycles. The van der Waals surface area contributed by atoms with Crippen LogP contribution >= 0.6 is 0 Å². The molecule has 0 fully saturated rings. The molecule has 0 aliphatic heterocycles. The van der Waals surface area contributed by atoms with Crippen molar-refractivity contribution in [2.75, 3.05) is 23.7 Å². The van der Waals surface area contributed by atoms with Crippen molar-refractivity contribution in [2.45, 2.75) is 12.5 Å². The number of aromatic amines is 1. The Hall–Kier alpha value is -4.38. The van der Waals surface area contributed by atoms with Crippen molar-refractivity contribution >= 4 is 17.3 Å². The van der Waals surface area contributed by atoms with Crippen molar-refractivity contribution in [1.82, 2.24) is 34.8 Å². The molecule has 5 N–H and O–H groups in total.